The Bertz CT molecular complexity index is 719. The normalized spacial score (nSPS) is 23.8. The highest BCUT2D eigenvalue weighted by atomic mass is 16.5. The highest BCUT2D eigenvalue weighted by Gasteiger charge is 2.37. The van der Waals surface area contributed by atoms with Crippen LogP contribution < -0.4 is 5.32 Å². The summed E-state index contributed by atoms with van der Waals surface area (Å²) in [5.74, 6) is 1.16. The first kappa shape index (κ1) is 16.9. The van der Waals surface area contributed by atoms with Crippen molar-refractivity contribution >= 4 is 11.9 Å². The number of amides is 1. The van der Waals surface area contributed by atoms with Gasteiger partial charge in [-0.2, -0.15) is 0 Å². The van der Waals surface area contributed by atoms with Gasteiger partial charge in [-0.25, -0.2) is 9.97 Å². The first-order chi connectivity index (χ1) is 12.8. The second kappa shape index (κ2) is 7.78. The Kier molecular flexibility index (Phi) is 5.06. The van der Waals surface area contributed by atoms with Crippen molar-refractivity contribution in [3.8, 4) is 0 Å². The maximum absolute atomic E-state index is 12.6. The van der Waals surface area contributed by atoms with E-state index in [0.29, 0.717) is 17.4 Å². The summed E-state index contributed by atoms with van der Waals surface area (Å²) in [5, 5.41) is 3.41. The zero-order valence-corrected chi connectivity index (χ0v) is 14.6. The standard InChI is InChI=1S/C19H23N5O2/c25-18(15-3-1-7-20-13-15)24-10-4-14(5-11-24)17-16(6-12-26-17)23-19-21-8-2-9-22-19/h1-3,7-9,13-14,16-17H,4-6,10-12H2,(H,21,22,23)/t16-,17+/m1/s1. The molecule has 2 fully saturated rings. The topological polar surface area (TPSA) is 80.2 Å². The number of hydrogen-bond acceptors (Lipinski definition) is 6. The number of rotatable bonds is 4. The van der Waals surface area contributed by atoms with Gasteiger partial charge in [0, 0.05) is 44.5 Å². The van der Waals surface area contributed by atoms with Crippen LogP contribution in [0.1, 0.15) is 29.6 Å². The molecule has 4 rings (SSSR count). The Labute approximate surface area is 152 Å². The largest absolute Gasteiger partial charge is 0.376 e. The number of ether oxygens (including phenoxy) is 1. The number of pyridine rings is 1. The Morgan fingerprint density at radius 1 is 1.12 bits per heavy atom. The molecule has 7 nitrogen and oxygen atoms in total. The molecule has 0 radical (unpaired) electrons. The zero-order valence-electron chi connectivity index (χ0n) is 14.6. The minimum Gasteiger partial charge on any atom is -0.376 e. The van der Waals surface area contributed by atoms with Crippen molar-refractivity contribution < 1.29 is 9.53 Å². The van der Waals surface area contributed by atoms with Crippen LogP contribution in [0.4, 0.5) is 5.95 Å². The molecule has 0 saturated carbocycles. The molecule has 1 N–H and O–H groups in total. The van der Waals surface area contributed by atoms with Gasteiger partial charge in [0.2, 0.25) is 5.95 Å². The van der Waals surface area contributed by atoms with E-state index in [4.69, 9.17) is 4.74 Å². The molecule has 0 aliphatic carbocycles. The molecule has 2 aromatic heterocycles. The lowest BCUT2D eigenvalue weighted by Gasteiger charge is -2.36. The fraction of sp³-hybridized carbons (Fsp3) is 0.474. The average Bonchev–Trinajstić information content (AvgIpc) is 3.17. The Hall–Kier alpha value is -2.54. The highest BCUT2D eigenvalue weighted by Crippen LogP contribution is 2.31. The molecule has 2 aliphatic heterocycles. The number of aromatic nitrogens is 3. The molecular formula is C19H23N5O2. The molecule has 4 heterocycles. The lowest BCUT2D eigenvalue weighted by atomic mass is 9.87. The summed E-state index contributed by atoms with van der Waals surface area (Å²) in [4.78, 5) is 27.0. The summed E-state index contributed by atoms with van der Waals surface area (Å²) in [5.41, 5.74) is 0.656. The van der Waals surface area contributed by atoms with Gasteiger partial charge in [-0.05, 0) is 43.4 Å². The summed E-state index contributed by atoms with van der Waals surface area (Å²) >= 11 is 0. The van der Waals surface area contributed by atoms with Crippen molar-refractivity contribution in [3.05, 3.63) is 48.5 Å². The predicted molar refractivity (Wildman–Crippen MR) is 96.7 cm³/mol. The van der Waals surface area contributed by atoms with Gasteiger partial charge >= 0.3 is 0 Å². The van der Waals surface area contributed by atoms with E-state index in [1.54, 1.807) is 30.9 Å². The molecular weight excluding hydrogens is 330 g/mol. The van der Waals surface area contributed by atoms with E-state index in [2.05, 4.69) is 20.3 Å². The third-order valence-electron chi connectivity index (χ3n) is 5.22. The van der Waals surface area contributed by atoms with E-state index in [1.165, 1.54) is 0 Å². The van der Waals surface area contributed by atoms with Crippen LogP contribution in [0.15, 0.2) is 43.0 Å². The number of nitrogens with one attached hydrogen (secondary N) is 1. The van der Waals surface area contributed by atoms with E-state index in [0.717, 1.165) is 39.0 Å². The minimum atomic E-state index is 0.0660. The summed E-state index contributed by atoms with van der Waals surface area (Å²) in [7, 11) is 0. The van der Waals surface area contributed by atoms with E-state index in [-0.39, 0.29) is 18.1 Å². The number of likely N-dealkylation sites (tertiary alicyclic amines) is 1. The third-order valence-corrected chi connectivity index (χ3v) is 5.22. The number of carbonyl (C=O) groups is 1. The minimum absolute atomic E-state index is 0.0660. The van der Waals surface area contributed by atoms with Crippen LogP contribution in [0, 0.1) is 5.92 Å². The number of carbonyl (C=O) groups excluding carboxylic acids is 1. The number of nitrogens with zero attached hydrogens (tertiary/aromatic N) is 4. The molecule has 2 aliphatic rings. The molecule has 0 unspecified atom stereocenters. The number of hydrogen-bond donors (Lipinski definition) is 1. The lowest BCUT2D eigenvalue weighted by Crippen LogP contribution is -2.44. The van der Waals surface area contributed by atoms with Gasteiger partial charge in [-0.3, -0.25) is 9.78 Å². The third kappa shape index (κ3) is 3.67. The summed E-state index contributed by atoms with van der Waals surface area (Å²) in [6, 6.07) is 5.65. The van der Waals surface area contributed by atoms with Gasteiger partial charge in [-0.1, -0.05) is 0 Å². The summed E-state index contributed by atoms with van der Waals surface area (Å²) in [6.07, 6.45) is 9.80. The van der Waals surface area contributed by atoms with Crippen LogP contribution in [0.25, 0.3) is 0 Å². The number of anilines is 1. The number of piperidine rings is 1. The summed E-state index contributed by atoms with van der Waals surface area (Å²) < 4.78 is 6.03. The van der Waals surface area contributed by atoms with Crippen LogP contribution >= 0.6 is 0 Å². The van der Waals surface area contributed by atoms with Crippen molar-refractivity contribution in [2.45, 2.75) is 31.4 Å². The zero-order chi connectivity index (χ0) is 17.8. The van der Waals surface area contributed by atoms with Crippen molar-refractivity contribution in [1.29, 1.82) is 0 Å². The van der Waals surface area contributed by atoms with Gasteiger partial charge < -0.3 is 15.0 Å². The maximum atomic E-state index is 12.6. The fourth-order valence-corrected chi connectivity index (χ4v) is 3.87. The molecule has 2 saturated heterocycles. The van der Waals surface area contributed by atoms with E-state index in [9.17, 15) is 4.79 Å². The molecule has 136 valence electrons. The molecule has 0 spiro atoms. The van der Waals surface area contributed by atoms with Crippen LogP contribution in [-0.2, 0) is 4.74 Å². The smallest absolute Gasteiger partial charge is 0.255 e. The Balaban J connectivity index is 1.34. The van der Waals surface area contributed by atoms with E-state index in [1.807, 2.05) is 17.0 Å². The van der Waals surface area contributed by atoms with Crippen molar-refractivity contribution in [3.63, 3.8) is 0 Å². The summed E-state index contributed by atoms with van der Waals surface area (Å²) in [6.45, 7) is 2.27. The van der Waals surface area contributed by atoms with Crippen molar-refractivity contribution in [2.24, 2.45) is 5.92 Å². The fourth-order valence-electron chi connectivity index (χ4n) is 3.87. The van der Waals surface area contributed by atoms with Gasteiger partial charge in [-0.15, -0.1) is 0 Å². The predicted octanol–water partition coefficient (Wildman–Crippen LogP) is 1.99. The monoisotopic (exact) mass is 353 g/mol. The average molecular weight is 353 g/mol. The second-order valence-corrected chi connectivity index (χ2v) is 6.82. The van der Waals surface area contributed by atoms with Gasteiger partial charge in [0.15, 0.2) is 0 Å². The Morgan fingerprint density at radius 3 is 2.65 bits per heavy atom. The highest BCUT2D eigenvalue weighted by molar-refractivity contribution is 5.93. The van der Waals surface area contributed by atoms with Gasteiger partial charge in [0.05, 0.1) is 17.7 Å². The van der Waals surface area contributed by atoms with Crippen molar-refractivity contribution in [1.82, 2.24) is 19.9 Å². The van der Waals surface area contributed by atoms with Crippen molar-refractivity contribution in [2.75, 3.05) is 25.0 Å². The SMILES string of the molecule is O=C(c1cccnc1)N1CCC([C@@H]2OCC[C@H]2Nc2ncccn2)CC1. The molecule has 7 heteroatoms. The maximum Gasteiger partial charge on any atom is 0.255 e. The molecule has 0 bridgehead atoms. The van der Waals surface area contributed by atoms with Crippen LogP contribution in [-0.4, -0.2) is 57.6 Å². The van der Waals surface area contributed by atoms with Crippen LogP contribution in [0.2, 0.25) is 0 Å². The van der Waals surface area contributed by atoms with Crippen LogP contribution in [0.5, 0.6) is 0 Å². The lowest BCUT2D eigenvalue weighted by molar-refractivity contribution is 0.0260. The molecule has 2 aromatic rings. The van der Waals surface area contributed by atoms with E-state index < -0.39 is 0 Å². The molecule has 0 aromatic carbocycles. The molecule has 26 heavy (non-hydrogen) atoms. The second-order valence-electron chi connectivity index (χ2n) is 6.82. The first-order valence-corrected chi connectivity index (χ1v) is 9.16. The molecule has 2 atom stereocenters. The first-order valence-electron chi connectivity index (χ1n) is 9.16. The quantitative estimate of drug-likeness (QED) is 0.905. The van der Waals surface area contributed by atoms with E-state index >= 15 is 0 Å². The molecule has 1 amide bonds. The van der Waals surface area contributed by atoms with Crippen LogP contribution in [0.3, 0.4) is 0 Å². The Morgan fingerprint density at radius 2 is 1.92 bits per heavy atom. The van der Waals surface area contributed by atoms with Gasteiger partial charge in [0.1, 0.15) is 0 Å². The van der Waals surface area contributed by atoms with Gasteiger partial charge in [0.25, 0.3) is 5.91 Å².